The highest BCUT2D eigenvalue weighted by atomic mass is 16.3. The van der Waals surface area contributed by atoms with Crippen LogP contribution in [0, 0.1) is 5.92 Å². The minimum Gasteiger partial charge on any atom is -0.394 e. The first-order chi connectivity index (χ1) is 7.02. The van der Waals surface area contributed by atoms with Gasteiger partial charge in [-0.15, -0.1) is 0 Å². The number of aliphatic hydroxyl groups excluding tert-OH is 1. The smallest absolute Gasteiger partial charge is 0.0623 e. The summed E-state index contributed by atoms with van der Waals surface area (Å²) in [4.78, 5) is 2.37. The topological polar surface area (TPSA) is 35.5 Å². The molecule has 1 rings (SSSR count). The first-order valence-corrected chi connectivity index (χ1v) is 6.08. The molecule has 0 amide bonds. The fourth-order valence-electron chi connectivity index (χ4n) is 2.22. The largest absolute Gasteiger partial charge is 0.394 e. The molecule has 15 heavy (non-hydrogen) atoms. The van der Waals surface area contributed by atoms with Crippen molar-refractivity contribution in [3.8, 4) is 0 Å². The summed E-state index contributed by atoms with van der Waals surface area (Å²) in [6.45, 7) is 8.48. The number of likely N-dealkylation sites (N-methyl/N-ethyl adjacent to an activating group) is 2. The van der Waals surface area contributed by atoms with Crippen molar-refractivity contribution in [2.45, 2.75) is 45.2 Å². The standard InChI is InChI=1S/C12H26N2O/c1-5-13-12(3,9-15)8-14(4)10(2)11-6-7-11/h10-11,13,15H,5-9H2,1-4H3. The number of aliphatic hydroxyl groups is 1. The van der Waals surface area contributed by atoms with Crippen LogP contribution in [-0.2, 0) is 0 Å². The van der Waals surface area contributed by atoms with Crippen LogP contribution in [0.1, 0.15) is 33.6 Å². The molecular formula is C12H26N2O. The van der Waals surface area contributed by atoms with E-state index in [-0.39, 0.29) is 12.1 Å². The summed E-state index contributed by atoms with van der Waals surface area (Å²) in [7, 11) is 2.16. The predicted octanol–water partition coefficient (Wildman–Crippen LogP) is 1.08. The third-order valence-electron chi connectivity index (χ3n) is 3.55. The lowest BCUT2D eigenvalue weighted by Gasteiger charge is -2.36. The van der Waals surface area contributed by atoms with Crippen molar-refractivity contribution in [1.29, 1.82) is 0 Å². The van der Waals surface area contributed by atoms with Crippen LogP contribution in [0.2, 0.25) is 0 Å². The molecule has 2 N–H and O–H groups in total. The molecule has 1 aliphatic carbocycles. The van der Waals surface area contributed by atoms with Gasteiger partial charge in [-0.1, -0.05) is 6.92 Å². The highest BCUT2D eigenvalue weighted by Crippen LogP contribution is 2.34. The van der Waals surface area contributed by atoms with E-state index >= 15 is 0 Å². The number of nitrogens with one attached hydrogen (secondary N) is 1. The molecule has 0 aromatic rings. The van der Waals surface area contributed by atoms with E-state index in [0.29, 0.717) is 6.04 Å². The summed E-state index contributed by atoms with van der Waals surface area (Å²) in [6, 6.07) is 0.648. The Bertz CT molecular complexity index is 194. The minimum absolute atomic E-state index is 0.160. The van der Waals surface area contributed by atoms with Crippen LogP contribution in [0.5, 0.6) is 0 Å². The van der Waals surface area contributed by atoms with Crippen molar-refractivity contribution in [3.05, 3.63) is 0 Å². The number of nitrogens with zero attached hydrogens (tertiary/aromatic N) is 1. The second kappa shape index (κ2) is 5.28. The first kappa shape index (κ1) is 12.9. The lowest BCUT2D eigenvalue weighted by atomic mass is 10.0. The number of hydrogen-bond acceptors (Lipinski definition) is 3. The van der Waals surface area contributed by atoms with Crippen LogP contribution in [0.3, 0.4) is 0 Å². The van der Waals surface area contributed by atoms with Crippen LogP contribution < -0.4 is 5.32 Å². The highest BCUT2D eigenvalue weighted by Gasteiger charge is 2.33. The third-order valence-corrected chi connectivity index (χ3v) is 3.55. The maximum Gasteiger partial charge on any atom is 0.0623 e. The Labute approximate surface area is 93.9 Å². The van der Waals surface area contributed by atoms with E-state index in [1.165, 1.54) is 12.8 Å². The van der Waals surface area contributed by atoms with Gasteiger partial charge in [-0.3, -0.25) is 0 Å². The lowest BCUT2D eigenvalue weighted by Crippen LogP contribution is -2.54. The van der Waals surface area contributed by atoms with Crippen molar-refractivity contribution >= 4 is 0 Å². The zero-order chi connectivity index (χ0) is 11.5. The van der Waals surface area contributed by atoms with Gasteiger partial charge in [0.1, 0.15) is 0 Å². The summed E-state index contributed by atoms with van der Waals surface area (Å²) >= 11 is 0. The summed E-state index contributed by atoms with van der Waals surface area (Å²) in [6.07, 6.45) is 2.76. The zero-order valence-corrected chi connectivity index (χ0v) is 10.6. The van der Waals surface area contributed by atoms with E-state index in [9.17, 15) is 5.11 Å². The van der Waals surface area contributed by atoms with E-state index in [4.69, 9.17) is 0 Å². The van der Waals surface area contributed by atoms with Gasteiger partial charge in [-0.2, -0.15) is 0 Å². The molecule has 0 aromatic heterocycles. The van der Waals surface area contributed by atoms with Crippen LogP contribution in [0.25, 0.3) is 0 Å². The Kier molecular flexibility index (Phi) is 4.56. The first-order valence-electron chi connectivity index (χ1n) is 6.08. The molecule has 1 saturated carbocycles. The summed E-state index contributed by atoms with van der Waals surface area (Å²) in [5.41, 5.74) is -0.160. The molecule has 3 heteroatoms. The molecule has 0 heterocycles. The molecule has 1 fully saturated rings. The van der Waals surface area contributed by atoms with Crippen LogP contribution in [0.4, 0.5) is 0 Å². The van der Waals surface area contributed by atoms with E-state index in [1.807, 2.05) is 0 Å². The number of hydrogen-bond donors (Lipinski definition) is 2. The molecule has 90 valence electrons. The average molecular weight is 214 g/mol. The second-order valence-electron chi connectivity index (χ2n) is 5.24. The Hall–Kier alpha value is -0.120. The van der Waals surface area contributed by atoms with Crippen molar-refractivity contribution in [2.24, 2.45) is 5.92 Å². The molecule has 0 bridgehead atoms. The van der Waals surface area contributed by atoms with Gasteiger partial charge in [0.05, 0.1) is 12.1 Å². The summed E-state index contributed by atoms with van der Waals surface area (Å²) in [5.74, 6) is 0.888. The van der Waals surface area contributed by atoms with Crippen molar-refractivity contribution in [2.75, 3.05) is 26.7 Å². The van der Waals surface area contributed by atoms with Gasteiger partial charge >= 0.3 is 0 Å². The zero-order valence-electron chi connectivity index (χ0n) is 10.6. The molecular weight excluding hydrogens is 188 g/mol. The van der Waals surface area contributed by atoms with Gasteiger partial charge in [0, 0.05) is 12.6 Å². The van der Waals surface area contributed by atoms with E-state index in [2.05, 4.69) is 38.0 Å². The number of rotatable bonds is 7. The molecule has 0 saturated heterocycles. The van der Waals surface area contributed by atoms with Gasteiger partial charge in [-0.25, -0.2) is 0 Å². The Morgan fingerprint density at radius 2 is 2.13 bits per heavy atom. The lowest BCUT2D eigenvalue weighted by molar-refractivity contribution is 0.111. The molecule has 0 aliphatic heterocycles. The van der Waals surface area contributed by atoms with Crippen LogP contribution in [-0.4, -0.2) is 48.3 Å². The Balaban J connectivity index is 2.42. The van der Waals surface area contributed by atoms with Gasteiger partial charge in [-0.05, 0) is 46.2 Å². The highest BCUT2D eigenvalue weighted by molar-refractivity contribution is 4.90. The average Bonchev–Trinajstić information content (AvgIpc) is 3.00. The van der Waals surface area contributed by atoms with Crippen LogP contribution >= 0.6 is 0 Å². The molecule has 0 spiro atoms. The predicted molar refractivity (Wildman–Crippen MR) is 64.0 cm³/mol. The maximum atomic E-state index is 9.41. The minimum atomic E-state index is -0.160. The maximum absolute atomic E-state index is 9.41. The molecule has 0 aromatic carbocycles. The summed E-state index contributed by atoms with van der Waals surface area (Å²) < 4.78 is 0. The van der Waals surface area contributed by atoms with E-state index in [1.54, 1.807) is 0 Å². The van der Waals surface area contributed by atoms with Gasteiger partial charge in [0.15, 0.2) is 0 Å². The fraction of sp³-hybridized carbons (Fsp3) is 1.00. The molecule has 2 atom stereocenters. The van der Waals surface area contributed by atoms with Crippen molar-refractivity contribution in [1.82, 2.24) is 10.2 Å². The molecule has 0 radical (unpaired) electrons. The van der Waals surface area contributed by atoms with E-state index < -0.39 is 0 Å². The molecule has 3 nitrogen and oxygen atoms in total. The summed E-state index contributed by atoms with van der Waals surface area (Å²) in [5, 5.41) is 12.8. The fourth-order valence-corrected chi connectivity index (χ4v) is 2.22. The quantitative estimate of drug-likeness (QED) is 0.665. The molecule has 2 unspecified atom stereocenters. The van der Waals surface area contributed by atoms with Gasteiger partial charge in [0.2, 0.25) is 0 Å². The third kappa shape index (κ3) is 3.74. The monoisotopic (exact) mass is 214 g/mol. The SMILES string of the molecule is CCNC(C)(CO)CN(C)C(C)C1CC1. The second-order valence-corrected chi connectivity index (χ2v) is 5.24. The van der Waals surface area contributed by atoms with Crippen molar-refractivity contribution < 1.29 is 5.11 Å². The van der Waals surface area contributed by atoms with Crippen LogP contribution in [0.15, 0.2) is 0 Å². The normalized spacial score (nSPS) is 22.8. The Morgan fingerprint density at radius 1 is 1.53 bits per heavy atom. The van der Waals surface area contributed by atoms with Gasteiger partial charge < -0.3 is 15.3 Å². The van der Waals surface area contributed by atoms with Crippen molar-refractivity contribution in [3.63, 3.8) is 0 Å². The Morgan fingerprint density at radius 3 is 2.53 bits per heavy atom. The van der Waals surface area contributed by atoms with E-state index in [0.717, 1.165) is 19.0 Å². The molecule has 1 aliphatic rings. The van der Waals surface area contributed by atoms with Gasteiger partial charge in [0.25, 0.3) is 0 Å².